The Hall–Kier alpha value is -3.32. The Labute approximate surface area is 177 Å². The van der Waals surface area contributed by atoms with Crippen molar-refractivity contribution in [1.29, 1.82) is 0 Å². The van der Waals surface area contributed by atoms with Crippen molar-refractivity contribution in [3.8, 4) is 5.75 Å². The van der Waals surface area contributed by atoms with Crippen LogP contribution < -0.4 is 14.4 Å². The van der Waals surface area contributed by atoms with Crippen molar-refractivity contribution in [3.63, 3.8) is 0 Å². The predicted molar refractivity (Wildman–Crippen MR) is 119 cm³/mol. The van der Waals surface area contributed by atoms with Crippen LogP contribution in [-0.4, -0.2) is 28.0 Å². The Morgan fingerprint density at radius 2 is 1.63 bits per heavy atom. The zero-order valence-electron chi connectivity index (χ0n) is 17.1. The van der Waals surface area contributed by atoms with Gasteiger partial charge in [-0.25, -0.2) is 8.42 Å². The molecule has 3 aromatic carbocycles. The number of sulfonamides is 1. The van der Waals surface area contributed by atoms with E-state index in [1.807, 2.05) is 26.0 Å². The lowest BCUT2D eigenvalue weighted by molar-refractivity contribution is -0.114. The standard InChI is InChI=1S/C23H24N2O4S/c1-17-13-14-18(2)21(15-17)25(30(27,28)19-9-5-4-6-10-19)16-23(26)24-20-11-7-8-12-22(20)29-3/h4-15H,16H2,1-3H3,(H,24,26). The smallest absolute Gasteiger partial charge is 0.264 e. The fourth-order valence-electron chi connectivity index (χ4n) is 3.08. The van der Waals surface area contributed by atoms with Crippen LogP contribution in [0.3, 0.4) is 0 Å². The molecule has 0 saturated carbocycles. The summed E-state index contributed by atoms with van der Waals surface area (Å²) >= 11 is 0. The highest BCUT2D eigenvalue weighted by Crippen LogP contribution is 2.28. The fourth-order valence-corrected chi connectivity index (χ4v) is 4.57. The van der Waals surface area contributed by atoms with Crippen molar-refractivity contribution in [2.45, 2.75) is 18.7 Å². The van der Waals surface area contributed by atoms with Gasteiger partial charge >= 0.3 is 0 Å². The van der Waals surface area contributed by atoms with Gasteiger partial charge in [0.05, 0.1) is 23.4 Å². The van der Waals surface area contributed by atoms with Crippen LogP contribution in [0.4, 0.5) is 11.4 Å². The molecule has 7 heteroatoms. The van der Waals surface area contributed by atoms with E-state index in [-0.39, 0.29) is 11.4 Å². The van der Waals surface area contributed by atoms with E-state index in [4.69, 9.17) is 4.74 Å². The summed E-state index contributed by atoms with van der Waals surface area (Å²) in [5.74, 6) is 0.0231. The molecule has 1 amide bonds. The van der Waals surface area contributed by atoms with Gasteiger partial charge in [-0.05, 0) is 55.3 Å². The lowest BCUT2D eigenvalue weighted by Gasteiger charge is -2.26. The van der Waals surface area contributed by atoms with Crippen LogP contribution in [0, 0.1) is 13.8 Å². The molecule has 0 radical (unpaired) electrons. The van der Waals surface area contributed by atoms with E-state index in [1.165, 1.54) is 19.2 Å². The second-order valence-corrected chi connectivity index (χ2v) is 8.73. The largest absolute Gasteiger partial charge is 0.495 e. The molecule has 0 aliphatic carbocycles. The first-order chi connectivity index (χ1) is 14.3. The Kier molecular flexibility index (Phi) is 6.42. The molecule has 0 heterocycles. The molecule has 0 bridgehead atoms. The molecule has 30 heavy (non-hydrogen) atoms. The Morgan fingerprint density at radius 1 is 0.967 bits per heavy atom. The van der Waals surface area contributed by atoms with E-state index in [0.717, 1.165) is 15.4 Å². The Morgan fingerprint density at radius 3 is 2.33 bits per heavy atom. The zero-order valence-corrected chi connectivity index (χ0v) is 17.9. The minimum atomic E-state index is -3.96. The van der Waals surface area contributed by atoms with E-state index >= 15 is 0 Å². The molecule has 156 valence electrons. The van der Waals surface area contributed by atoms with Crippen molar-refractivity contribution < 1.29 is 17.9 Å². The van der Waals surface area contributed by atoms with Crippen LogP contribution >= 0.6 is 0 Å². The third kappa shape index (κ3) is 4.63. The van der Waals surface area contributed by atoms with Gasteiger partial charge in [-0.3, -0.25) is 9.10 Å². The number of nitrogens with zero attached hydrogens (tertiary/aromatic N) is 1. The summed E-state index contributed by atoms with van der Waals surface area (Å²) < 4.78 is 33.3. The van der Waals surface area contributed by atoms with Gasteiger partial charge in [-0.15, -0.1) is 0 Å². The molecule has 3 rings (SSSR count). The predicted octanol–water partition coefficient (Wildman–Crippen LogP) is 4.15. The molecular formula is C23H24N2O4S. The Bertz CT molecular complexity index is 1140. The molecular weight excluding hydrogens is 400 g/mol. The number of carbonyl (C=O) groups is 1. The summed E-state index contributed by atoms with van der Waals surface area (Å²) in [4.78, 5) is 13.0. The van der Waals surface area contributed by atoms with Gasteiger partial charge in [0.1, 0.15) is 12.3 Å². The molecule has 0 spiro atoms. The van der Waals surface area contributed by atoms with Crippen molar-refractivity contribution in [2.75, 3.05) is 23.3 Å². The molecule has 0 aromatic heterocycles. The highest BCUT2D eigenvalue weighted by atomic mass is 32.2. The lowest BCUT2D eigenvalue weighted by atomic mass is 10.1. The van der Waals surface area contributed by atoms with Crippen LogP contribution in [0.15, 0.2) is 77.7 Å². The highest BCUT2D eigenvalue weighted by Gasteiger charge is 2.28. The van der Waals surface area contributed by atoms with Gasteiger partial charge in [0.25, 0.3) is 10.0 Å². The van der Waals surface area contributed by atoms with Gasteiger partial charge in [0, 0.05) is 0 Å². The maximum Gasteiger partial charge on any atom is 0.264 e. The number of para-hydroxylation sites is 2. The number of carbonyl (C=O) groups excluding carboxylic acids is 1. The van der Waals surface area contributed by atoms with E-state index in [9.17, 15) is 13.2 Å². The number of hydrogen-bond donors (Lipinski definition) is 1. The van der Waals surface area contributed by atoms with Gasteiger partial charge in [-0.2, -0.15) is 0 Å². The number of amides is 1. The van der Waals surface area contributed by atoms with E-state index < -0.39 is 15.9 Å². The molecule has 3 aromatic rings. The first-order valence-corrected chi connectivity index (χ1v) is 10.8. The molecule has 0 atom stereocenters. The van der Waals surface area contributed by atoms with E-state index in [2.05, 4.69) is 5.32 Å². The highest BCUT2D eigenvalue weighted by molar-refractivity contribution is 7.92. The molecule has 0 aliphatic rings. The number of hydrogen-bond acceptors (Lipinski definition) is 4. The van der Waals surface area contributed by atoms with Gasteiger partial charge in [0.15, 0.2) is 0 Å². The lowest BCUT2D eigenvalue weighted by Crippen LogP contribution is -2.38. The van der Waals surface area contributed by atoms with Crippen LogP contribution in [0.2, 0.25) is 0 Å². The molecule has 0 saturated heterocycles. The quantitative estimate of drug-likeness (QED) is 0.618. The van der Waals surface area contributed by atoms with Gasteiger partial charge < -0.3 is 10.1 Å². The normalized spacial score (nSPS) is 11.0. The molecule has 0 aliphatic heterocycles. The summed E-state index contributed by atoms with van der Waals surface area (Å²) in [6.45, 7) is 3.32. The summed E-state index contributed by atoms with van der Waals surface area (Å²) in [6.07, 6.45) is 0. The second-order valence-electron chi connectivity index (χ2n) is 6.86. The summed E-state index contributed by atoms with van der Waals surface area (Å²) in [5, 5.41) is 2.75. The number of anilines is 2. The van der Waals surface area contributed by atoms with Crippen molar-refractivity contribution in [1.82, 2.24) is 0 Å². The molecule has 1 N–H and O–H groups in total. The molecule has 0 unspecified atom stereocenters. The maximum absolute atomic E-state index is 13.4. The van der Waals surface area contributed by atoms with E-state index in [0.29, 0.717) is 17.1 Å². The van der Waals surface area contributed by atoms with E-state index in [1.54, 1.807) is 48.5 Å². The minimum absolute atomic E-state index is 0.121. The van der Waals surface area contributed by atoms with Gasteiger partial charge in [-0.1, -0.05) is 42.5 Å². The van der Waals surface area contributed by atoms with Gasteiger partial charge in [0.2, 0.25) is 5.91 Å². The fraction of sp³-hybridized carbons (Fsp3) is 0.174. The third-order valence-corrected chi connectivity index (χ3v) is 6.41. The zero-order chi connectivity index (χ0) is 21.7. The molecule has 6 nitrogen and oxygen atoms in total. The monoisotopic (exact) mass is 424 g/mol. The average Bonchev–Trinajstić information content (AvgIpc) is 2.75. The number of benzene rings is 3. The number of ether oxygens (including phenoxy) is 1. The topological polar surface area (TPSA) is 75.7 Å². The minimum Gasteiger partial charge on any atom is -0.495 e. The Balaban J connectivity index is 2.00. The van der Waals surface area contributed by atoms with Crippen LogP contribution in [0.1, 0.15) is 11.1 Å². The SMILES string of the molecule is COc1ccccc1NC(=O)CN(c1cc(C)ccc1C)S(=O)(=O)c1ccccc1. The second kappa shape index (κ2) is 9.00. The first-order valence-electron chi connectivity index (χ1n) is 9.41. The maximum atomic E-state index is 13.4. The number of nitrogens with one attached hydrogen (secondary N) is 1. The number of rotatable bonds is 7. The van der Waals surface area contributed by atoms with Crippen molar-refractivity contribution in [2.24, 2.45) is 0 Å². The summed E-state index contributed by atoms with van der Waals surface area (Å²) in [5.41, 5.74) is 2.59. The van der Waals surface area contributed by atoms with Crippen molar-refractivity contribution in [3.05, 3.63) is 83.9 Å². The summed E-state index contributed by atoms with van der Waals surface area (Å²) in [6, 6.07) is 20.6. The van der Waals surface area contributed by atoms with Crippen LogP contribution in [0.5, 0.6) is 5.75 Å². The van der Waals surface area contributed by atoms with Crippen LogP contribution in [-0.2, 0) is 14.8 Å². The third-order valence-electron chi connectivity index (χ3n) is 4.63. The van der Waals surface area contributed by atoms with Crippen LogP contribution in [0.25, 0.3) is 0 Å². The first kappa shape index (κ1) is 21.4. The summed E-state index contributed by atoms with van der Waals surface area (Å²) in [7, 11) is -2.45. The number of methoxy groups -OCH3 is 1. The average molecular weight is 425 g/mol. The number of aryl methyl sites for hydroxylation is 2. The van der Waals surface area contributed by atoms with Crippen molar-refractivity contribution >= 4 is 27.3 Å². The molecule has 0 fully saturated rings.